The number of hydrogen-bond acceptors (Lipinski definition) is 6. The van der Waals surface area contributed by atoms with Gasteiger partial charge in [0.15, 0.2) is 0 Å². The zero-order valence-corrected chi connectivity index (χ0v) is 16.5. The van der Waals surface area contributed by atoms with E-state index in [0.29, 0.717) is 18.7 Å². The van der Waals surface area contributed by atoms with Crippen LogP contribution in [0.2, 0.25) is 0 Å². The van der Waals surface area contributed by atoms with Crippen molar-refractivity contribution in [2.45, 2.75) is 50.2 Å². The summed E-state index contributed by atoms with van der Waals surface area (Å²) in [6.45, 7) is 3.38. The van der Waals surface area contributed by atoms with Gasteiger partial charge < -0.3 is 20.3 Å². The predicted molar refractivity (Wildman–Crippen MR) is 110 cm³/mol. The van der Waals surface area contributed by atoms with E-state index < -0.39 is 5.60 Å². The van der Waals surface area contributed by atoms with Crippen LogP contribution in [0.1, 0.15) is 44.3 Å². The Morgan fingerprint density at radius 1 is 1.21 bits per heavy atom. The summed E-state index contributed by atoms with van der Waals surface area (Å²) >= 11 is 0. The molecule has 0 amide bonds. The minimum Gasteiger partial charge on any atom is -0.490 e. The SMILES string of the molecule is C[C@]1(O)C[C@@H](c2nc(-c3ccc(OC4CCOCC4)cc3)c3c(N)nccn32)C1. The summed E-state index contributed by atoms with van der Waals surface area (Å²) in [5.41, 5.74) is 8.20. The van der Waals surface area contributed by atoms with Crippen LogP contribution in [0.5, 0.6) is 5.75 Å². The number of hydrogen-bond donors (Lipinski definition) is 2. The molecule has 0 spiro atoms. The van der Waals surface area contributed by atoms with Crippen molar-refractivity contribution in [1.82, 2.24) is 14.4 Å². The van der Waals surface area contributed by atoms with Crippen LogP contribution in [-0.4, -0.2) is 44.4 Å². The number of ether oxygens (including phenoxy) is 2. The molecule has 1 aliphatic heterocycles. The Hall–Kier alpha value is -2.64. The van der Waals surface area contributed by atoms with Crippen LogP contribution in [0.4, 0.5) is 5.82 Å². The molecule has 5 rings (SSSR count). The summed E-state index contributed by atoms with van der Waals surface area (Å²) in [7, 11) is 0. The van der Waals surface area contributed by atoms with Crippen LogP contribution in [0, 0.1) is 0 Å². The molecule has 0 atom stereocenters. The maximum Gasteiger partial charge on any atom is 0.150 e. The number of aliphatic hydroxyl groups is 1. The third-order valence-electron chi connectivity index (χ3n) is 5.95. The van der Waals surface area contributed by atoms with E-state index in [1.54, 1.807) is 6.20 Å². The van der Waals surface area contributed by atoms with Gasteiger partial charge in [-0.15, -0.1) is 0 Å². The van der Waals surface area contributed by atoms with Crippen molar-refractivity contribution in [1.29, 1.82) is 0 Å². The number of aromatic nitrogens is 3. The van der Waals surface area contributed by atoms with Crippen molar-refractivity contribution < 1.29 is 14.6 Å². The summed E-state index contributed by atoms with van der Waals surface area (Å²) in [4.78, 5) is 9.19. The molecule has 2 aromatic heterocycles. The van der Waals surface area contributed by atoms with Crippen LogP contribution in [-0.2, 0) is 4.74 Å². The molecule has 0 bridgehead atoms. The molecule has 0 radical (unpaired) electrons. The van der Waals surface area contributed by atoms with Crippen molar-refractivity contribution in [3.8, 4) is 17.0 Å². The van der Waals surface area contributed by atoms with Gasteiger partial charge in [-0.1, -0.05) is 0 Å². The highest BCUT2D eigenvalue weighted by molar-refractivity contribution is 5.85. The average molecular weight is 394 g/mol. The fraction of sp³-hybridized carbons (Fsp3) is 0.455. The van der Waals surface area contributed by atoms with Crippen molar-refractivity contribution in [3.63, 3.8) is 0 Å². The van der Waals surface area contributed by atoms with Crippen LogP contribution in [0.3, 0.4) is 0 Å². The number of benzene rings is 1. The highest BCUT2D eigenvalue weighted by Crippen LogP contribution is 2.45. The topological polar surface area (TPSA) is 94.9 Å². The normalized spacial score (nSPS) is 25.1. The van der Waals surface area contributed by atoms with E-state index in [-0.39, 0.29) is 12.0 Å². The molecule has 3 aromatic rings. The Labute approximate surface area is 169 Å². The standard InChI is InChI=1S/C22H26N4O3/c1-22(27)12-15(13-22)21-25-18(19-20(23)24-8-9-26(19)21)14-2-4-16(5-3-14)29-17-6-10-28-11-7-17/h2-5,8-9,15,17,27H,6-7,10-13H2,1H3,(H2,23,24)/t15-,22+. The van der Waals surface area contributed by atoms with Gasteiger partial charge in [-0.05, 0) is 44.0 Å². The van der Waals surface area contributed by atoms with Crippen LogP contribution < -0.4 is 10.5 Å². The lowest BCUT2D eigenvalue weighted by Gasteiger charge is -2.40. The maximum atomic E-state index is 10.2. The first-order valence-electron chi connectivity index (χ1n) is 10.2. The Balaban J connectivity index is 1.46. The Morgan fingerprint density at radius 3 is 2.62 bits per heavy atom. The first kappa shape index (κ1) is 18.4. The highest BCUT2D eigenvalue weighted by Gasteiger charge is 2.41. The second-order valence-electron chi connectivity index (χ2n) is 8.41. The number of rotatable bonds is 4. The molecule has 3 N–H and O–H groups in total. The zero-order valence-electron chi connectivity index (χ0n) is 16.5. The lowest BCUT2D eigenvalue weighted by molar-refractivity contribution is -0.0335. The number of imidazole rings is 1. The summed E-state index contributed by atoms with van der Waals surface area (Å²) in [6, 6.07) is 8.00. The molecule has 7 heteroatoms. The van der Waals surface area contributed by atoms with Crippen molar-refractivity contribution >= 4 is 11.3 Å². The summed E-state index contributed by atoms with van der Waals surface area (Å²) < 4.78 is 13.5. The monoisotopic (exact) mass is 394 g/mol. The van der Waals surface area contributed by atoms with Gasteiger partial charge in [0.2, 0.25) is 0 Å². The van der Waals surface area contributed by atoms with Gasteiger partial charge in [0.1, 0.15) is 34.7 Å². The number of nitrogens with zero attached hydrogens (tertiary/aromatic N) is 3. The molecule has 1 aliphatic carbocycles. The molecule has 3 heterocycles. The van der Waals surface area contributed by atoms with Gasteiger partial charge >= 0.3 is 0 Å². The number of fused-ring (bicyclic) bond motifs is 1. The first-order valence-corrected chi connectivity index (χ1v) is 10.2. The van der Waals surface area contributed by atoms with E-state index in [9.17, 15) is 5.11 Å². The van der Waals surface area contributed by atoms with Gasteiger partial charge in [-0.25, -0.2) is 9.97 Å². The summed E-state index contributed by atoms with van der Waals surface area (Å²) in [5, 5.41) is 10.2. The van der Waals surface area contributed by atoms with E-state index in [2.05, 4.69) is 4.98 Å². The first-order chi connectivity index (χ1) is 14.0. The molecular formula is C22H26N4O3. The van der Waals surface area contributed by atoms with E-state index in [1.165, 1.54) is 0 Å². The second-order valence-corrected chi connectivity index (χ2v) is 8.41. The molecule has 2 fully saturated rings. The quantitative estimate of drug-likeness (QED) is 0.706. The lowest BCUT2D eigenvalue weighted by atomic mass is 9.72. The molecule has 1 saturated heterocycles. The number of nitrogens with two attached hydrogens (primary N) is 1. The van der Waals surface area contributed by atoms with E-state index in [4.69, 9.17) is 20.2 Å². The minimum absolute atomic E-state index is 0.209. The van der Waals surface area contributed by atoms with Gasteiger partial charge in [0.05, 0.1) is 18.8 Å². The van der Waals surface area contributed by atoms with Crippen LogP contribution in [0.15, 0.2) is 36.7 Å². The van der Waals surface area contributed by atoms with Crippen LogP contribution in [0.25, 0.3) is 16.8 Å². The average Bonchev–Trinajstić information content (AvgIpc) is 3.08. The smallest absolute Gasteiger partial charge is 0.150 e. The summed E-state index contributed by atoms with van der Waals surface area (Å²) in [6.07, 6.45) is 7.04. The molecule has 152 valence electrons. The van der Waals surface area contributed by atoms with Gasteiger partial charge in [-0.3, -0.25) is 4.40 Å². The van der Waals surface area contributed by atoms with Crippen molar-refractivity contribution in [3.05, 3.63) is 42.5 Å². The van der Waals surface area contributed by atoms with Crippen molar-refractivity contribution in [2.75, 3.05) is 18.9 Å². The molecule has 7 nitrogen and oxygen atoms in total. The predicted octanol–water partition coefficient (Wildman–Crippen LogP) is 3.16. The van der Waals surface area contributed by atoms with Crippen LogP contribution >= 0.6 is 0 Å². The van der Waals surface area contributed by atoms with Crippen molar-refractivity contribution in [2.24, 2.45) is 0 Å². The van der Waals surface area contributed by atoms with E-state index >= 15 is 0 Å². The number of nitrogen functional groups attached to an aromatic ring is 1. The lowest BCUT2D eigenvalue weighted by Crippen LogP contribution is -2.40. The zero-order chi connectivity index (χ0) is 20.0. The fourth-order valence-corrected chi connectivity index (χ4v) is 4.44. The number of anilines is 1. The third kappa shape index (κ3) is 3.45. The second kappa shape index (κ2) is 7.00. The van der Waals surface area contributed by atoms with Gasteiger partial charge in [0.25, 0.3) is 0 Å². The van der Waals surface area contributed by atoms with Gasteiger partial charge in [-0.2, -0.15) is 0 Å². The molecule has 29 heavy (non-hydrogen) atoms. The van der Waals surface area contributed by atoms with E-state index in [1.807, 2.05) is 41.8 Å². The molecule has 2 aliphatic rings. The highest BCUT2D eigenvalue weighted by atomic mass is 16.5. The molecule has 0 unspecified atom stereocenters. The van der Waals surface area contributed by atoms with Gasteiger partial charge in [0, 0.05) is 36.7 Å². The van der Waals surface area contributed by atoms with E-state index in [0.717, 1.165) is 54.4 Å². The maximum absolute atomic E-state index is 10.2. The molecule has 1 saturated carbocycles. The Morgan fingerprint density at radius 2 is 1.93 bits per heavy atom. The summed E-state index contributed by atoms with van der Waals surface area (Å²) in [5.74, 6) is 2.45. The molecular weight excluding hydrogens is 368 g/mol. The molecule has 1 aromatic carbocycles. The Bertz CT molecular complexity index is 1010. The largest absolute Gasteiger partial charge is 0.490 e. The third-order valence-corrected chi connectivity index (χ3v) is 5.95. The minimum atomic E-state index is -0.613. The fourth-order valence-electron chi connectivity index (χ4n) is 4.44. The Kier molecular flexibility index (Phi) is 4.44.